The van der Waals surface area contributed by atoms with Crippen LogP contribution in [0.15, 0.2) is 42.6 Å². The van der Waals surface area contributed by atoms with Crippen LogP contribution in [0.2, 0.25) is 0 Å². The smallest absolute Gasteiger partial charge is 0.133 e. The Labute approximate surface area is 87.7 Å². The van der Waals surface area contributed by atoms with Crippen LogP contribution in [-0.4, -0.2) is 15.2 Å². The number of aliphatic hydroxyl groups is 1. The maximum absolute atomic E-state index is 9.16. The van der Waals surface area contributed by atoms with Crippen LogP contribution in [-0.2, 0) is 6.61 Å². The Bertz CT molecular complexity index is 451. The molecule has 2 aromatic rings. The summed E-state index contributed by atoms with van der Waals surface area (Å²) in [6.45, 7) is -0.0151. The summed E-state index contributed by atoms with van der Waals surface area (Å²) in [4.78, 5) is 4.10. The molecule has 0 fully saturated rings. The number of aromatic nitrogens is 1. The summed E-state index contributed by atoms with van der Waals surface area (Å²) in [6.07, 6.45) is 1.39. The van der Waals surface area contributed by atoms with E-state index in [9.17, 15) is 0 Å². The van der Waals surface area contributed by atoms with Crippen molar-refractivity contribution in [3.8, 4) is 17.0 Å². The third-order valence-electron chi connectivity index (χ3n) is 2.21. The second kappa shape index (κ2) is 4.11. The summed E-state index contributed by atoms with van der Waals surface area (Å²) in [5, 5.41) is 18.3. The molecule has 0 aliphatic rings. The molecule has 0 radical (unpaired) electrons. The molecule has 3 nitrogen and oxygen atoms in total. The van der Waals surface area contributed by atoms with Crippen molar-refractivity contribution in [2.45, 2.75) is 6.61 Å². The summed E-state index contributed by atoms with van der Waals surface area (Å²) in [5.41, 5.74) is 2.47. The fourth-order valence-corrected chi connectivity index (χ4v) is 1.45. The lowest BCUT2D eigenvalue weighted by Gasteiger charge is -2.05. The summed E-state index contributed by atoms with van der Waals surface area (Å²) >= 11 is 0. The number of rotatable bonds is 2. The first-order valence-corrected chi connectivity index (χ1v) is 4.65. The highest BCUT2D eigenvalue weighted by Crippen LogP contribution is 2.22. The third-order valence-corrected chi connectivity index (χ3v) is 2.21. The molecule has 1 aromatic carbocycles. The average Bonchev–Trinajstić information content (AvgIpc) is 2.30. The zero-order valence-electron chi connectivity index (χ0n) is 8.09. The topological polar surface area (TPSA) is 53.4 Å². The first-order valence-electron chi connectivity index (χ1n) is 4.65. The minimum Gasteiger partial charge on any atom is -0.506 e. The van der Waals surface area contributed by atoms with Crippen LogP contribution in [0, 0.1) is 0 Å². The maximum Gasteiger partial charge on any atom is 0.133 e. The monoisotopic (exact) mass is 201 g/mol. The number of benzene rings is 1. The zero-order valence-corrected chi connectivity index (χ0v) is 8.09. The molecule has 1 aromatic heterocycles. The van der Waals surface area contributed by atoms with Gasteiger partial charge in [0.25, 0.3) is 0 Å². The van der Waals surface area contributed by atoms with E-state index >= 15 is 0 Å². The average molecular weight is 201 g/mol. The number of hydrogen-bond acceptors (Lipinski definition) is 3. The quantitative estimate of drug-likeness (QED) is 0.780. The summed E-state index contributed by atoms with van der Waals surface area (Å²) in [5.74, 6) is 0.139. The van der Waals surface area contributed by atoms with Gasteiger partial charge in [0, 0.05) is 5.56 Å². The highest BCUT2D eigenvalue weighted by Gasteiger charge is 2.04. The van der Waals surface area contributed by atoms with Crippen molar-refractivity contribution in [2.24, 2.45) is 0 Å². The maximum atomic E-state index is 9.16. The minimum atomic E-state index is -0.0151. The van der Waals surface area contributed by atoms with E-state index in [-0.39, 0.29) is 12.4 Å². The normalized spacial score (nSPS) is 10.2. The van der Waals surface area contributed by atoms with Gasteiger partial charge in [-0.3, -0.25) is 4.98 Å². The molecule has 1 heterocycles. The first kappa shape index (κ1) is 9.68. The minimum absolute atomic E-state index is 0.0151. The van der Waals surface area contributed by atoms with E-state index in [4.69, 9.17) is 10.2 Å². The van der Waals surface area contributed by atoms with Crippen molar-refractivity contribution < 1.29 is 10.2 Å². The number of nitrogens with zero attached hydrogens (tertiary/aromatic N) is 1. The lowest BCUT2D eigenvalue weighted by atomic mass is 10.0. The highest BCUT2D eigenvalue weighted by molar-refractivity contribution is 5.63. The molecule has 2 N–H and O–H groups in total. The Morgan fingerprint density at radius 2 is 1.87 bits per heavy atom. The second-order valence-electron chi connectivity index (χ2n) is 3.22. The Kier molecular flexibility index (Phi) is 2.65. The Morgan fingerprint density at radius 3 is 2.53 bits per heavy atom. The molecule has 0 spiro atoms. The van der Waals surface area contributed by atoms with Crippen molar-refractivity contribution in [2.75, 3.05) is 0 Å². The molecule has 76 valence electrons. The van der Waals surface area contributed by atoms with Gasteiger partial charge < -0.3 is 10.2 Å². The van der Waals surface area contributed by atoms with E-state index in [2.05, 4.69) is 4.98 Å². The van der Waals surface area contributed by atoms with Gasteiger partial charge in [0.1, 0.15) is 5.75 Å². The Balaban J connectivity index is 2.49. The standard InChI is InChI=1S/C12H11NO2/c14-8-9-3-1-2-4-11(9)12-6-5-10(15)7-13-12/h1-7,14-15H,8H2. The van der Waals surface area contributed by atoms with Crippen LogP contribution in [0.3, 0.4) is 0 Å². The molecular weight excluding hydrogens is 190 g/mol. The van der Waals surface area contributed by atoms with Crippen LogP contribution in [0.25, 0.3) is 11.3 Å². The molecule has 15 heavy (non-hydrogen) atoms. The van der Waals surface area contributed by atoms with Crippen LogP contribution >= 0.6 is 0 Å². The third kappa shape index (κ3) is 1.97. The van der Waals surface area contributed by atoms with E-state index in [1.807, 2.05) is 24.3 Å². The van der Waals surface area contributed by atoms with Crippen molar-refractivity contribution >= 4 is 0 Å². The summed E-state index contributed by atoms with van der Waals surface area (Å²) in [6, 6.07) is 10.8. The van der Waals surface area contributed by atoms with Crippen LogP contribution in [0.1, 0.15) is 5.56 Å². The van der Waals surface area contributed by atoms with Gasteiger partial charge in [-0.25, -0.2) is 0 Å². The fourth-order valence-electron chi connectivity index (χ4n) is 1.45. The second-order valence-corrected chi connectivity index (χ2v) is 3.22. The lowest BCUT2D eigenvalue weighted by molar-refractivity contribution is 0.282. The van der Waals surface area contributed by atoms with E-state index in [1.165, 1.54) is 6.20 Å². The summed E-state index contributed by atoms with van der Waals surface area (Å²) < 4.78 is 0. The first-order chi connectivity index (χ1) is 7.31. The molecule has 0 atom stereocenters. The molecular formula is C12H11NO2. The number of pyridine rings is 1. The number of aliphatic hydroxyl groups excluding tert-OH is 1. The molecule has 0 saturated heterocycles. The number of aromatic hydroxyl groups is 1. The lowest BCUT2D eigenvalue weighted by Crippen LogP contribution is -1.90. The van der Waals surface area contributed by atoms with Gasteiger partial charge in [0.2, 0.25) is 0 Å². The Hall–Kier alpha value is -1.87. The molecule has 0 bridgehead atoms. The van der Waals surface area contributed by atoms with Gasteiger partial charge in [0.05, 0.1) is 18.5 Å². The van der Waals surface area contributed by atoms with Gasteiger partial charge in [-0.05, 0) is 17.7 Å². The molecule has 2 rings (SSSR count). The predicted octanol–water partition coefficient (Wildman–Crippen LogP) is 1.95. The molecule has 0 amide bonds. The van der Waals surface area contributed by atoms with Crippen LogP contribution in [0.4, 0.5) is 0 Å². The van der Waals surface area contributed by atoms with Gasteiger partial charge >= 0.3 is 0 Å². The van der Waals surface area contributed by atoms with E-state index in [0.717, 1.165) is 16.8 Å². The fraction of sp³-hybridized carbons (Fsp3) is 0.0833. The Morgan fingerprint density at radius 1 is 1.07 bits per heavy atom. The van der Waals surface area contributed by atoms with Gasteiger partial charge in [-0.2, -0.15) is 0 Å². The van der Waals surface area contributed by atoms with Crippen molar-refractivity contribution in [1.82, 2.24) is 4.98 Å². The predicted molar refractivity (Wildman–Crippen MR) is 57.3 cm³/mol. The van der Waals surface area contributed by atoms with E-state index in [0.29, 0.717) is 0 Å². The molecule has 0 unspecified atom stereocenters. The van der Waals surface area contributed by atoms with Gasteiger partial charge in [0.15, 0.2) is 0 Å². The number of hydrogen-bond donors (Lipinski definition) is 2. The zero-order chi connectivity index (χ0) is 10.7. The van der Waals surface area contributed by atoms with Crippen molar-refractivity contribution in [3.63, 3.8) is 0 Å². The van der Waals surface area contributed by atoms with E-state index < -0.39 is 0 Å². The molecule has 3 heteroatoms. The summed E-state index contributed by atoms with van der Waals surface area (Å²) in [7, 11) is 0. The van der Waals surface area contributed by atoms with Crippen LogP contribution in [0.5, 0.6) is 5.75 Å². The molecule has 0 saturated carbocycles. The van der Waals surface area contributed by atoms with Crippen LogP contribution < -0.4 is 0 Å². The SMILES string of the molecule is OCc1ccccc1-c1ccc(O)cn1. The van der Waals surface area contributed by atoms with Crippen molar-refractivity contribution in [3.05, 3.63) is 48.2 Å². The highest BCUT2D eigenvalue weighted by atomic mass is 16.3. The van der Waals surface area contributed by atoms with E-state index in [1.54, 1.807) is 12.1 Å². The molecule has 0 aliphatic heterocycles. The molecule has 0 aliphatic carbocycles. The largest absolute Gasteiger partial charge is 0.506 e. The van der Waals surface area contributed by atoms with Crippen molar-refractivity contribution in [1.29, 1.82) is 0 Å². The van der Waals surface area contributed by atoms with Gasteiger partial charge in [-0.15, -0.1) is 0 Å². The van der Waals surface area contributed by atoms with Gasteiger partial charge in [-0.1, -0.05) is 24.3 Å².